The second-order valence-electron chi connectivity index (χ2n) is 5.40. The van der Waals surface area contributed by atoms with E-state index in [0.29, 0.717) is 15.9 Å². The Kier molecular flexibility index (Phi) is 5.78. The highest BCUT2D eigenvalue weighted by Crippen LogP contribution is 2.37. The SMILES string of the molecule is Cc1ccc2c(Cl)cc(Cl)c(OCC(=O)OCC(=O)Nc3ccon3)c2n1. The van der Waals surface area contributed by atoms with E-state index in [1.807, 2.05) is 0 Å². The number of hydrogen-bond acceptors (Lipinski definition) is 7. The molecule has 0 aliphatic rings. The summed E-state index contributed by atoms with van der Waals surface area (Å²) < 4.78 is 14.9. The molecule has 140 valence electrons. The van der Waals surface area contributed by atoms with Crippen LogP contribution in [0.25, 0.3) is 10.9 Å². The Morgan fingerprint density at radius 3 is 2.74 bits per heavy atom. The minimum Gasteiger partial charge on any atom is -0.478 e. The molecule has 0 spiro atoms. The highest BCUT2D eigenvalue weighted by atomic mass is 35.5. The number of halogens is 2. The van der Waals surface area contributed by atoms with Crippen LogP contribution in [0.15, 0.2) is 35.1 Å². The Labute approximate surface area is 163 Å². The number of ether oxygens (including phenoxy) is 2. The van der Waals surface area contributed by atoms with Crippen LogP contribution in [0, 0.1) is 6.92 Å². The monoisotopic (exact) mass is 409 g/mol. The minimum absolute atomic E-state index is 0.210. The Hall–Kier alpha value is -2.84. The van der Waals surface area contributed by atoms with Gasteiger partial charge in [0.25, 0.3) is 5.91 Å². The first-order valence-electron chi connectivity index (χ1n) is 7.68. The zero-order valence-corrected chi connectivity index (χ0v) is 15.5. The van der Waals surface area contributed by atoms with E-state index in [-0.39, 0.29) is 16.6 Å². The number of esters is 1. The molecule has 2 aromatic heterocycles. The number of fused-ring (bicyclic) bond motifs is 1. The number of rotatable bonds is 6. The molecule has 0 atom stereocenters. The molecule has 1 amide bonds. The topological polar surface area (TPSA) is 104 Å². The predicted octanol–water partition coefficient (Wildman–Crippen LogP) is 3.40. The Balaban J connectivity index is 1.62. The number of aryl methyl sites for hydroxylation is 1. The second-order valence-corrected chi connectivity index (χ2v) is 6.21. The fourth-order valence-corrected chi connectivity index (χ4v) is 2.77. The lowest BCUT2D eigenvalue weighted by atomic mass is 10.2. The lowest BCUT2D eigenvalue weighted by molar-refractivity contribution is -0.149. The minimum atomic E-state index is -0.753. The van der Waals surface area contributed by atoms with Gasteiger partial charge in [0, 0.05) is 17.1 Å². The van der Waals surface area contributed by atoms with Gasteiger partial charge in [-0.2, -0.15) is 0 Å². The largest absolute Gasteiger partial charge is 0.478 e. The number of carbonyl (C=O) groups excluding carboxylic acids is 2. The molecule has 1 aromatic carbocycles. The van der Waals surface area contributed by atoms with E-state index in [0.717, 1.165) is 5.69 Å². The number of anilines is 1. The van der Waals surface area contributed by atoms with Crippen molar-refractivity contribution < 1.29 is 23.6 Å². The first-order chi connectivity index (χ1) is 12.9. The van der Waals surface area contributed by atoms with Crippen LogP contribution in [0.5, 0.6) is 5.75 Å². The van der Waals surface area contributed by atoms with Crippen LogP contribution in [0.3, 0.4) is 0 Å². The van der Waals surface area contributed by atoms with Crippen molar-refractivity contribution in [3.63, 3.8) is 0 Å². The summed E-state index contributed by atoms with van der Waals surface area (Å²) in [6, 6.07) is 6.54. The predicted molar refractivity (Wildman–Crippen MR) is 98.1 cm³/mol. The molecule has 0 saturated carbocycles. The Bertz CT molecular complexity index is 992. The maximum absolute atomic E-state index is 11.9. The molecule has 10 heteroatoms. The average Bonchev–Trinajstić information content (AvgIpc) is 3.12. The molecule has 2 heterocycles. The third-order valence-corrected chi connectivity index (χ3v) is 3.97. The molecule has 0 unspecified atom stereocenters. The number of aromatic nitrogens is 2. The summed E-state index contributed by atoms with van der Waals surface area (Å²) >= 11 is 12.3. The van der Waals surface area contributed by atoms with Crippen molar-refractivity contribution >= 4 is 51.8 Å². The summed E-state index contributed by atoms with van der Waals surface area (Å²) in [5, 5.41) is 7.17. The highest BCUT2D eigenvalue weighted by Gasteiger charge is 2.16. The third-order valence-electron chi connectivity index (χ3n) is 3.38. The van der Waals surface area contributed by atoms with Gasteiger partial charge in [-0.15, -0.1) is 0 Å². The first-order valence-corrected chi connectivity index (χ1v) is 8.43. The fourth-order valence-electron chi connectivity index (χ4n) is 2.20. The van der Waals surface area contributed by atoms with E-state index in [2.05, 4.69) is 20.0 Å². The van der Waals surface area contributed by atoms with Gasteiger partial charge >= 0.3 is 5.97 Å². The van der Waals surface area contributed by atoms with Crippen molar-refractivity contribution in [3.05, 3.63) is 46.3 Å². The summed E-state index contributed by atoms with van der Waals surface area (Å²) in [6.07, 6.45) is 1.30. The molecule has 0 bridgehead atoms. The van der Waals surface area contributed by atoms with Gasteiger partial charge in [0.1, 0.15) is 11.8 Å². The average molecular weight is 410 g/mol. The highest BCUT2D eigenvalue weighted by molar-refractivity contribution is 6.39. The summed E-state index contributed by atoms with van der Waals surface area (Å²) in [5.41, 5.74) is 1.17. The summed E-state index contributed by atoms with van der Waals surface area (Å²) in [5.74, 6) is -0.890. The molecule has 0 radical (unpaired) electrons. The maximum Gasteiger partial charge on any atom is 0.344 e. The molecule has 0 saturated heterocycles. The quantitative estimate of drug-likeness (QED) is 0.622. The van der Waals surface area contributed by atoms with Crippen molar-refractivity contribution in [1.29, 1.82) is 0 Å². The zero-order valence-electron chi connectivity index (χ0n) is 14.0. The van der Waals surface area contributed by atoms with Crippen LogP contribution < -0.4 is 10.1 Å². The number of nitrogens with one attached hydrogen (secondary N) is 1. The van der Waals surface area contributed by atoms with Gasteiger partial charge in [0.05, 0.1) is 10.0 Å². The second kappa shape index (κ2) is 8.24. The lowest BCUT2D eigenvalue weighted by Crippen LogP contribution is -2.23. The number of benzene rings is 1. The molecule has 0 fully saturated rings. The molecule has 0 aliphatic carbocycles. The van der Waals surface area contributed by atoms with Crippen LogP contribution in [-0.4, -0.2) is 35.2 Å². The van der Waals surface area contributed by atoms with Crippen LogP contribution >= 0.6 is 23.2 Å². The van der Waals surface area contributed by atoms with Gasteiger partial charge in [-0.25, -0.2) is 9.78 Å². The first kappa shape index (κ1) is 18.9. The van der Waals surface area contributed by atoms with E-state index in [9.17, 15) is 9.59 Å². The van der Waals surface area contributed by atoms with Crippen molar-refractivity contribution in [3.8, 4) is 5.75 Å². The van der Waals surface area contributed by atoms with Gasteiger partial charge in [-0.3, -0.25) is 4.79 Å². The lowest BCUT2D eigenvalue weighted by Gasteiger charge is -2.12. The summed E-state index contributed by atoms with van der Waals surface area (Å²) in [4.78, 5) is 27.9. The molecular formula is C17H13Cl2N3O5. The summed E-state index contributed by atoms with van der Waals surface area (Å²) in [7, 11) is 0. The van der Waals surface area contributed by atoms with Gasteiger partial charge in [-0.05, 0) is 25.1 Å². The molecule has 0 aliphatic heterocycles. The Morgan fingerprint density at radius 2 is 2.00 bits per heavy atom. The van der Waals surface area contributed by atoms with E-state index >= 15 is 0 Å². The smallest absolute Gasteiger partial charge is 0.344 e. The van der Waals surface area contributed by atoms with Crippen molar-refractivity contribution in [1.82, 2.24) is 10.1 Å². The molecule has 1 N–H and O–H groups in total. The molecule has 3 rings (SSSR count). The number of nitrogens with zero attached hydrogens (tertiary/aromatic N) is 2. The van der Waals surface area contributed by atoms with Crippen molar-refractivity contribution in [2.45, 2.75) is 6.92 Å². The molecule has 8 nitrogen and oxygen atoms in total. The fraction of sp³-hybridized carbons (Fsp3) is 0.176. The van der Waals surface area contributed by atoms with Crippen LogP contribution in [-0.2, 0) is 14.3 Å². The van der Waals surface area contributed by atoms with Crippen molar-refractivity contribution in [2.24, 2.45) is 0 Å². The molecular weight excluding hydrogens is 397 g/mol. The number of hydrogen-bond donors (Lipinski definition) is 1. The maximum atomic E-state index is 11.9. The molecule has 27 heavy (non-hydrogen) atoms. The van der Waals surface area contributed by atoms with Crippen LogP contribution in [0.2, 0.25) is 10.0 Å². The number of amides is 1. The van der Waals surface area contributed by atoms with E-state index in [4.69, 9.17) is 32.7 Å². The van der Waals surface area contributed by atoms with Gasteiger partial charge in [0.2, 0.25) is 0 Å². The van der Waals surface area contributed by atoms with Crippen molar-refractivity contribution in [2.75, 3.05) is 18.5 Å². The van der Waals surface area contributed by atoms with E-state index in [1.165, 1.54) is 18.4 Å². The number of pyridine rings is 1. The third kappa shape index (κ3) is 4.66. The Morgan fingerprint density at radius 1 is 1.19 bits per heavy atom. The van der Waals surface area contributed by atoms with Crippen LogP contribution in [0.4, 0.5) is 5.82 Å². The zero-order chi connectivity index (χ0) is 19.4. The van der Waals surface area contributed by atoms with Gasteiger partial charge in [0.15, 0.2) is 24.8 Å². The summed E-state index contributed by atoms with van der Waals surface area (Å²) in [6.45, 7) is 0.852. The molecule has 3 aromatic rings. The van der Waals surface area contributed by atoms with E-state index in [1.54, 1.807) is 19.1 Å². The van der Waals surface area contributed by atoms with E-state index < -0.39 is 25.1 Å². The standard InChI is InChI=1S/C17H13Cl2N3O5/c1-9-2-3-10-11(18)6-12(19)17(16(10)20-9)26-8-15(24)25-7-14(23)21-13-4-5-27-22-13/h2-6H,7-8H2,1H3,(H,21,22,23). The normalized spacial score (nSPS) is 10.6. The van der Waals surface area contributed by atoms with Gasteiger partial charge < -0.3 is 19.3 Å². The number of carbonyl (C=O) groups is 2. The van der Waals surface area contributed by atoms with Gasteiger partial charge in [-0.1, -0.05) is 28.4 Å². The van der Waals surface area contributed by atoms with Crippen LogP contribution in [0.1, 0.15) is 5.69 Å².